The third-order valence-corrected chi connectivity index (χ3v) is 2.46. The van der Waals surface area contributed by atoms with Gasteiger partial charge >= 0.3 is 0 Å². The van der Waals surface area contributed by atoms with Crippen LogP contribution in [-0.2, 0) is 4.79 Å². The highest BCUT2D eigenvalue weighted by Crippen LogP contribution is 2.18. The average Bonchev–Trinajstić information content (AvgIpc) is 2.54. The first kappa shape index (κ1) is 7.49. The summed E-state index contributed by atoms with van der Waals surface area (Å²) in [7, 11) is 0. The van der Waals surface area contributed by atoms with Gasteiger partial charge < -0.3 is 0 Å². The van der Waals surface area contributed by atoms with Gasteiger partial charge in [-0.1, -0.05) is 11.8 Å². The van der Waals surface area contributed by atoms with Crippen molar-refractivity contribution in [2.75, 3.05) is 5.75 Å². The van der Waals surface area contributed by atoms with E-state index in [0.717, 1.165) is 10.6 Å². The van der Waals surface area contributed by atoms with Crippen LogP contribution in [0.4, 0.5) is 0 Å². The standard InChI is InChI=1S/C8H6N2OS/c11-7-5-12-8(10-7)6-2-1-3-9-4-6/h1-4H,5H2. The lowest BCUT2D eigenvalue weighted by Gasteiger charge is -1.94. The zero-order chi connectivity index (χ0) is 8.39. The first-order valence-corrected chi connectivity index (χ1v) is 4.49. The molecule has 0 aliphatic carbocycles. The molecule has 1 amide bonds. The van der Waals surface area contributed by atoms with Crippen molar-refractivity contribution in [2.45, 2.75) is 0 Å². The van der Waals surface area contributed by atoms with Gasteiger partial charge in [0.05, 0.1) is 5.75 Å². The molecule has 0 radical (unpaired) electrons. The van der Waals surface area contributed by atoms with Gasteiger partial charge in [0, 0.05) is 18.0 Å². The number of pyridine rings is 1. The molecule has 0 saturated carbocycles. The Balaban J connectivity index is 2.33. The van der Waals surface area contributed by atoms with Crippen LogP contribution in [0.1, 0.15) is 5.56 Å². The average molecular weight is 178 g/mol. The Morgan fingerprint density at radius 3 is 3.00 bits per heavy atom. The number of thioether (sulfide) groups is 1. The third-order valence-electron chi connectivity index (χ3n) is 1.47. The van der Waals surface area contributed by atoms with Gasteiger partial charge in [-0.25, -0.2) is 4.99 Å². The first-order chi connectivity index (χ1) is 5.86. The summed E-state index contributed by atoms with van der Waals surface area (Å²) in [4.78, 5) is 18.6. The Labute approximate surface area is 73.9 Å². The molecule has 2 rings (SSSR count). The lowest BCUT2D eigenvalue weighted by molar-refractivity contribution is -0.115. The largest absolute Gasteiger partial charge is 0.272 e. The smallest absolute Gasteiger partial charge is 0.257 e. The predicted molar refractivity (Wildman–Crippen MR) is 48.2 cm³/mol. The summed E-state index contributed by atoms with van der Waals surface area (Å²) < 4.78 is 0. The molecule has 0 spiro atoms. The molecular weight excluding hydrogens is 172 g/mol. The molecular formula is C8H6N2OS. The molecule has 0 unspecified atom stereocenters. The highest BCUT2D eigenvalue weighted by Gasteiger charge is 2.15. The summed E-state index contributed by atoms with van der Waals surface area (Å²) in [5.41, 5.74) is 0.924. The van der Waals surface area contributed by atoms with Gasteiger partial charge in [0.2, 0.25) is 0 Å². The highest BCUT2D eigenvalue weighted by atomic mass is 32.2. The van der Waals surface area contributed by atoms with E-state index >= 15 is 0 Å². The van der Waals surface area contributed by atoms with Gasteiger partial charge in [-0.2, -0.15) is 0 Å². The first-order valence-electron chi connectivity index (χ1n) is 3.51. The van der Waals surface area contributed by atoms with Gasteiger partial charge in [-0.3, -0.25) is 9.78 Å². The van der Waals surface area contributed by atoms with Crippen molar-refractivity contribution >= 4 is 22.7 Å². The quantitative estimate of drug-likeness (QED) is 0.646. The maximum Gasteiger partial charge on any atom is 0.257 e. The minimum Gasteiger partial charge on any atom is -0.272 e. The molecule has 1 aliphatic rings. The zero-order valence-corrected chi connectivity index (χ0v) is 7.04. The molecule has 60 valence electrons. The van der Waals surface area contributed by atoms with Crippen molar-refractivity contribution in [3.05, 3.63) is 30.1 Å². The summed E-state index contributed by atoms with van der Waals surface area (Å²) in [6.07, 6.45) is 3.41. The van der Waals surface area contributed by atoms with Crippen molar-refractivity contribution in [3.63, 3.8) is 0 Å². The lowest BCUT2D eigenvalue weighted by atomic mass is 10.3. The Morgan fingerprint density at radius 2 is 2.42 bits per heavy atom. The summed E-state index contributed by atoms with van der Waals surface area (Å²) in [5, 5.41) is 0.785. The number of aromatic nitrogens is 1. The van der Waals surface area contributed by atoms with E-state index < -0.39 is 0 Å². The molecule has 1 aliphatic heterocycles. The minimum atomic E-state index is -0.0566. The van der Waals surface area contributed by atoms with Crippen LogP contribution in [-0.4, -0.2) is 21.7 Å². The number of rotatable bonds is 1. The molecule has 0 fully saturated rings. The number of carbonyl (C=O) groups excluding carboxylic acids is 1. The second kappa shape index (κ2) is 3.06. The Kier molecular flexibility index (Phi) is 1.91. The maximum absolute atomic E-state index is 10.8. The molecule has 1 aromatic heterocycles. The Hall–Kier alpha value is -1.16. The van der Waals surface area contributed by atoms with Gasteiger partial charge in [0.15, 0.2) is 0 Å². The summed E-state index contributed by atoms with van der Waals surface area (Å²) in [6.45, 7) is 0. The number of amides is 1. The van der Waals surface area contributed by atoms with Gasteiger partial charge in [-0.05, 0) is 12.1 Å². The van der Waals surface area contributed by atoms with E-state index in [1.165, 1.54) is 11.8 Å². The summed E-state index contributed by atoms with van der Waals surface area (Å²) in [6, 6.07) is 3.73. The van der Waals surface area contributed by atoms with Crippen LogP contribution in [0.5, 0.6) is 0 Å². The molecule has 1 aromatic rings. The van der Waals surface area contributed by atoms with E-state index in [1.54, 1.807) is 12.4 Å². The van der Waals surface area contributed by atoms with E-state index in [1.807, 2.05) is 12.1 Å². The van der Waals surface area contributed by atoms with Crippen LogP contribution >= 0.6 is 11.8 Å². The summed E-state index contributed by atoms with van der Waals surface area (Å²) in [5.74, 6) is 0.406. The van der Waals surface area contributed by atoms with E-state index in [9.17, 15) is 4.79 Å². The molecule has 3 nitrogen and oxygen atoms in total. The molecule has 0 bridgehead atoms. The van der Waals surface area contributed by atoms with Crippen molar-refractivity contribution in [2.24, 2.45) is 4.99 Å². The van der Waals surface area contributed by atoms with Crippen molar-refractivity contribution in [1.82, 2.24) is 4.98 Å². The molecule has 0 saturated heterocycles. The molecule has 0 aromatic carbocycles. The second-order valence-corrected chi connectivity index (χ2v) is 3.31. The fraction of sp³-hybridized carbons (Fsp3) is 0.125. The summed E-state index contributed by atoms with van der Waals surface area (Å²) >= 11 is 1.46. The topological polar surface area (TPSA) is 42.3 Å². The predicted octanol–water partition coefficient (Wildman–Crippen LogP) is 1.10. The Morgan fingerprint density at radius 1 is 1.50 bits per heavy atom. The number of nitrogens with zero attached hydrogens (tertiary/aromatic N) is 2. The molecule has 2 heterocycles. The number of carbonyl (C=O) groups is 1. The van der Waals surface area contributed by atoms with Crippen LogP contribution in [0.15, 0.2) is 29.5 Å². The van der Waals surface area contributed by atoms with Crippen LogP contribution in [0.3, 0.4) is 0 Å². The van der Waals surface area contributed by atoms with Crippen molar-refractivity contribution < 1.29 is 4.79 Å². The normalized spacial score (nSPS) is 16.3. The van der Waals surface area contributed by atoms with Gasteiger partial charge in [0.25, 0.3) is 5.91 Å². The molecule has 0 N–H and O–H groups in total. The van der Waals surface area contributed by atoms with Gasteiger partial charge in [0.1, 0.15) is 5.04 Å². The third kappa shape index (κ3) is 1.38. The van der Waals surface area contributed by atoms with E-state index in [2.05, 4.69) is 9.98 Å². The van der Waals surface area contributed by atoms with E-state index in [0.29, 0.717) is 5.75 Å². The highest BCUT2D eigenvalue weighted by molar-refractivity contribution is 8.15. The lowest BCUT2D eigenvalue weighted by Crippen LogP contribution is -1.91. The number of aliphatic imine (C=N–C) groups is 1. The monoisotopic (exact) mass is 178 g/mol. The second-order valence-electron chi connectivity index (χ2n) is 2.34. The van der Waals surface area contributed by atoms with Crippen LogP contribution in [0.2, 0.25) is 0 Å². The van der Waals surface area contributed by atoms with Crippen LogP contribution < -0.4 is 0 Å². The fourth-order valence-electron chi connectivity index (χ4n) is 0.945. The van der Waals surface area contributed by atoms with Crippen molar-refractivity contribution in [1.29, 1.82) is 0 Å². The molecule has 4 heteroatoms. The minimum absolute atomic E-state index is 0.0566. The van der Waals surface area contributed by atoms with E-state index in [-0.39, 0.29) is 5.91 Å². The van der Waals surface area contributed by atoms with Crippen LogP contribution in [0, 0.1) is 0 Å². The SMILES string of the molecule is O=C1CSC(c2cccnc2)=N1. The Bertz CT molecular complexity index is 334. The number of hydrogen-bond acceptors (Lipinski definition) is 3. The molecule has 0 atom stereocenters. The zero-order valence-electron chi connectivity index (χ0n) is 6.23. The van der Waals surface area contributed by atoms with Crippen molar-refractivity contribution in [3.8, 4) is 0 Å². The van der Waals surface area contributed by atoms with Crippen LogP contribution in [0.25, 0.3) is 0 Å². The molecule has 12 heavy (non-hydrogen) atoms. The fourth-order valence-corrected chi connectivity index (χ4v) is 1.72. The maximum atomic E-state index is 10.8. The van der Waals surface area contributed by atoms with Gasteiger partial charge in [-0.15, -0.1) is 0 Å². The van der Waals surface area contributed by atoms with E-state index in [4.69, 9.17) is 0 Å². The number of hydrogen-bond donors (Lipinski definition) is 0.